The van der Waals surface area contributed by atoms with Crippen LogP contribution in [0.25, 0.3) is 0 Å². The summed E-state index contributed by atoms with van der Waals surface area (Å²) in [7, 11) is 0. The number of aromatic nitrogens is 2. The van der Waals surface area contributed by atoms with E-state index in [0.717, 1.165) is 32.2 Å². The lowest BCUT2D eigenvalue weighted by Crippen LogP contribution is -2.40. The number of halogens is 1. The molecule has 0 bridgehead atoms. The fourth-order valence-electron chi connectivity index (χ4n) is 2.42. The maximum Gasteiger partial charge on any atom is 0.348 e. The second-order valence-electron chi connectivity index (χ2n) is 4.35. The average molecular weight is 271 g/mol. The molecule has 1 aliphatic rings. The molecule has 2 rings (SSSR count). The van der Waals surface area contributed by atoms with Crippen LogP contribution in [0.3, 0.4) is 0 Å². The first-order valence-electron chi connectivity index (χ1n) is 6.06. The van der Waals surface area contributed by atoms with Crippen LogP contribution in [-0.2, 0) is 0 Å². The van der Waals surface area contributed by atoms with E-state index in [1.165, 1.54) is 6.33 Å². The SMILES string of the molecule is CCC1CCCCN1c1ncnc(Cl)c1[N+](=O)[O-]. The molecule has 0 aliphatic carbocycles. The number of hydrogen-bond acceptors (Lipinski definition) is 5. The molecule has 1 atom stereocenters. The lowest BCUT2D eigenvalue weighted by atomic mass is 10.00. The van der Waals surface area contributed by atoms with E-state index in [9.17, 15) is 10.1 Å². The van der Waals surface area contributed by atoms with Gasteiger partial charge in [-0.1, -0.05) is 18.5 Å². The van der Waals surface area contributed by atoms with Crippen LogP contribution in [0, 0.1) is 10.1 Å². The van der Waals surface area contributed by atoms with Crippen molar-refractivity contribution in [3.63, 3.8) is 0 Å². The maximum atomic E-state index is 11.1. The minimum atomic E-state index is -0.501. The summed E-state index contributed by atoms with van der Waals surface area (Å²) >= 11 is 5.82. The molecule has 1 saturated heterocycles. The smallest absolute Gasteiger partial charge is 0.348 e. The van der Waals surface area contributed by atoms with Crippen molar-refractivity contribution in [3.8, 4) is 0 Å². The van der Waals surface area contributed by atoms with Crippen LogP contribution in [0.4, 0.5) is 11.5 Å². The number of rotatable bonds is 3. The quantitative estimate of drug-likeness (QED) is 0.480. The number of nitrogens with zero attached hydrogens (tertiary/aromatic N) is 4. The van der Waals surface area contributed by atoms with E-state index in [4.69, 9.17) is 11.6 Å². The van der Waals surface area contributed by atoms with E-state index in [0.29, 0.717) is 11.9 Å². The number of anilines is 1. The summed E-state index contributed by atoms with van der Waals surface area (Å²) in [5, 5.41) is 11.0. The second kappa shape index (κ2) is 5.48. The van der Waals surface area contributed by atoms with Crippen molar-refractivity contribution < 1.29 is 4.92 Å². The highest BCUT2D eigenvalue weighted by atomic mass is 35.5. The molecule has 0 N–H and O–H groups in total. The molecule has 1 aromatic heterocycles. The van der Waals surface area contributed by atoms with Gasteiger partial charge in [-0.05, 0) is 25.7 Å². The van der Waals surface area contributed by atoms with Crippen LogP contribution in [0.2, 0.25) is 5.15 Å². The molecule has 0 aromatic carbocycles. The van der Waals surface area contributed by atoms with Gasteiger partial charge in [-0.2, -0.15) is 0 Å². The summed E-state index contributed by atoms with van der Waals surface area (Å²) in [5.41, 5.74) is -0.181. The summed E-state index contributed by atoms with van der Waals surface area (Å²) in [4.78, 5) is 20.4. The van der Waals surface area contributed by atoms with Gasteiger partial charge in [0.1, 0.15) is 6.33 Å². The highest BCUT2D eigenvalue weighted by molar-refractivity contribution is 6.31. The third-order valence-corrected chi connectivity index (χ3v) is 3.59. The molecule has 1 aliphatic heterocycles. The van der Waals surface area contributed by atoms with Crippen LogP contribution in [0.1, 0.15) is 32.6 Å². The first-order valence-corrected chi connectivity index (χ1v) is 6.44. The molecule has 7 heteroatoms. The standard InChI is InChI=1S/C11H15ClN4O2/c1-2-8-5-3-4-6-15(8)11-9(16(17)18)10(12)13-7-14-11/h7-8H,2-6H2,1H3. The molecule has 0 spiro atoms. The summed E-state index contributed by atoms with van der Waals surface area (Å²) in [5.74, 6) is 0.353. The molecule has 98 valence electrons. The summed E-state index contributed by atoms with van der Waals surface area (Å²) in [6.07, 6.45) is 5.44. The lowest BCUT2D eigenvalue weighted by molar-refractivity contribution is -0.384. The van der Waals surface area contributed by atoms with E-state index in [1.807, 2.05) is 4.90 Å². The van der Waals surface area contributed by atoms with Crippen LogP contribution in [0.15, 0.2) is 6.33 Å². The number of hydrogen-bond donors (Lipinski definition) is 0. The molecule has 18 heavy (non-hydrogen) atoms. The van der Waals surface area contributed by atoms with Gasteiger partial charge in [-0.25, -0.2) is 9.97 Å². The molecule has 1 aromatic rings. The zero-order valence-corrected chi connectivity index (χ0v) is 10.9. The van der Waals surface area contributed by atoms with Crippen molar-refractivity contribution in [1.29, 1.82) is 0 Å². The van der Waals surface area contributed by atoms with Crippen molar-refractivity contribution in [2.24, 2.45) is 0 Å². The average Bonchev–Trinajstić information content (AvgIpc) is 2.38. The lowest BCUT2D eigenvalue weighted by Gasteiger charge is -2.35. The summed E-state index contributed by atoms with van der Waals surface area (Å²) in [6.45, 7) is 2.87. The molecule has 0 saturated carbocycles. The van der Waals surface area contributed by atoms with Gasteiger partial charge in [0.2, 0.25) is 11.0 Å². The van der Waals surface area contributed by atoms with E-state index in [1.54, 1.807) is 0 Å². The van der Waals surface area contributed by atoms with Gasteiger partial charge < -0.3 is 4.90 Å². The Bertz CT molecular complexity index is 455. The highest BCUT2D eigenvalue weighted by Crippen LogP contribution is 2.35. The van der Waals surface area contributed by atoms with Crippen LogP contribution >= 0.6 is 11.6 Å². The van der Waals surface area contributed by atoms with E-state index in [2.05, 4.69) is 16.9 Å². The highest BCUT2D eigenvalue weighted by Gasteiger charge is 2.30. The van der Waals surface area contributed by atoms with Gasteiger partial charge in [0.25, 0.3) is 0 Å². The largest absolute Gasteiger partial charge is 0.348 e. The molecular weight excluding hydrogens is 256 g/mol. The van der Waals surface area contributed by atoms with Crippen LogP contribution in [0.5, 0.6) is 0 Å². The normalized spacial score (nSPS) is 19.9. The van der Waals surface area contributed by atoms with Crippen molar-refractivity contribution >= 4 is 23.1 Å². The third-order valence-electron chi connectivity index (χ3n) is 3.31. The number of nitro groups is 1. The van der Waals surface area contributed by atoms with E-state index < -0.39 is 4.92 Å². The Labute approximate surface area is 110 Å². The Hall–Kier alpha value is -1.43. The summed E-state index contributed by atoms with van der Waals surface area (Å²) in [6, 6.07) is 0.295. The Kier molecular flexibility index (Phi) is 3.96. The Balaban J connectivity index is 2.42. The van der Waals surface area contributed by atoms with Gasteiger partial charge in [-0.3, -0.25) is 10.1 Å². The fraction of sp³-hybridized carbons (Fsp3) is 0.636. The Morgan fingerprint density at radius 2 is 2.33 bits per heavy atom. The molecule has 2 heterocycles. The predicted octanol–water partition coefficient (Wildman–Crippen LogP) is 2.81. The van der Waals surface area contributed by atoms with E-state index >= 15 is 0 Å². The fourth-order valence-corrected chi connectivity index (χ4v) is 2.62. The van der Waals surface area contributed by atoms with Crippen LogP contribution < -0.4 is 4.90 Å². The zero-order valence-electron chi connectivity index (χ0n) is 10.2. The molecule has 1 unspecified atom stereocenters. The summed E-state index contributed by atoms with van der Waals surface area (Å²) < 4.78 is 0. The Morgan fingerprint density at radius 3 is 3.00 bits per heavy atom. The monoisotopic (exact) mass is 270 g/mol. The van der Waals surface area contributed by atoms with Gasteiger partial charge in [-0.15, -0.1) is 0 Å². The van der Waals surface area contributed by atoms with Crippen molar-refractivity contribution in [2.45, 2.75) is 38.6 Å². The maximum absolute atomic E-state index is 11.1. The molecule has 0 radical (unpaired) electrons. The van der Waals surface area contributed by atoms with Gasteiger partial charge >= 0.3 is 5.69 Å². The third kappa shape index (κ3) is 2.38. The predicted molar refractivity (Wildman–Crippen MR) is 69.0 cm³/mol. The van der Waals surface area contributed by atoms with Crippen molar-refractivity contribution in [3.05, 3.63) is 21.6 Å². The number of piperidine rings is 1. The second-order valence-corrected chi connectivity index (χ2v) is 4.70. The topological polar surface area (TPSA) is 72.2 Å². The zero-order chi connectivity index (χ0) is 13.1. The van der Waals surface area contributed by atoms with Gasteiger partial charge in [0.15, 0.2) is 0 Å². The minimum Gasteiger partial charge on any atom is -0.348 e. The van der Waals surface area contributed by atoms with E-state index in [-0.39, 0.29) is 10.8 Å². The molecule has 0 amide bonds. The van der Waals surface area contributed by atoms with Crippen molar-refractivity contribution in [2.75, 3.05) is 11.4 Å². The van der Waals surface area contributed by atoms with Crippen LogP contribution in [-0.4, -0.2) is 27.5 Å². The first-order chi connectivity index (χ1) is 8.65. The molecular formula is C11H15ClN4O2. The van der Waals surface area contributed by atoms with Gasteiger partial charge in [0.05, 0.1) is 4.92 Å². The Morgan fingerprint density at radius 1 is 1.56 bits per heavy atom. The van der Waals surface area contributed by atoms with Crippen molar-refractivity contribution in [1.82, 2.24) is 9.97 Å². The van der Waals surface area contributed by atoms with Gasteiger partial charge in [0, 0.05) is 12.6 Å². The minimum absolute atomic E-state index is 0.0922. The molecule has 6 nitrogen and oxygen atoms in total. The first kappa shape index (κ1) is 13.0. The molecule has 1 fully saturated rings.